The van der Waals surface area contributed by atoms with Crippen LogP contribution in [0.4, 0.5) is 0 Å². The molecule has 0 aromatic carbocycles. The van der Waals surface area contributed by atoms with Crippen molar-refractivity contribution in [1.29, 1.82) is 0 Å². The first-order chi connectivity index (χ1) is 8.88. The van der Waals surface area contributed by atoms with E-state index in [1.165, 1.54) is 77.5 Å². The summed E-state index contributed by atoms with van der Waals surface area (Å²) in [5, 5.41) is 0. The van der Waals surface area contributed by atoms with Gasteiger partial charge < -0.3 is 4.90 Å². The van der Waals surface area contributed by atoms with Crippen molar-refractivity contribution in [2.24, 2.45) is 5.92 Å². The van der Waals surface area contributed by atoms with Gasteiger partial charge in [-0.2, -0.15) is 0 Å². The highest BCUT2D eigenvalue weighted by atomic mass is 15.2. The van der Waals surface area contributed by atoms with Crippen molar-refractivity contribution < 1.29 is 0 Å². The molecule has 104 valence electrons. The third-order valence-electron chi connectivity index (χ3n) is 5.76. The Morgan fingerprint density at radius 1 is 0.833 bits per heavy atom. The molecule has 18 heavy (non-hydrogen) atoms. The van der Waals surface area contributed by atoms with Crippen LogP contribution >= 0.6 is 0 Å². The molecular formula is C16H30N2. The third kappa shape index (κ3) is 2.60. The summed E-state index contributed by atoms with van der Waals surface area (Å²) in [6, 6.07) is 1.88. The zero-order chi connectivity index (χ0) is 12.4. The van der Waals surface area contributed by atoms with Crippen LogP contribution in [0.1, 0.15) is 58.3 Å². The Balaban J connectivity index is 1.60. The van der Waals surface area contributed by atoms with Crippen molar-refractivity contribution >= 4 is 0 Å². The van der Waals surface area contributed by atoms with Crippen LogP contribution < -0.4 is 0 Å². The summed E-state index contributed by atoms with van der Waals surface area (Å²) in [5.41, 5.74) is 0. The molecule has 2 saturated heterocycles. The molecule has 2 heterocycles. The van der Waals surface area contributed by atoms with Crippen molar-refractivity contribution in [2.45, 2.75) is 70.4 Å². The topological polar surface area (TPSA) is 6.48 Å². The van der Waals surface area contributed by atoms with Crippen LogP contribution in [0.5, 0.6) is 0 Å². The molecule has 2 atom stereocenters. The van der Waals surface area contributed by atoms with E-state index in [0.717, 1.165) is 18.0 Å². The predicted octanol–water partition coefficient (Wildman–Crippen LogP) is 3.13. The van der Waals surface area contributed by atoms with Crippen LogP contribution in [-0.2, 0) is 0 Å². The molecule has 1 aliphatic carbocycles. The summed E-state index contributed by atoms with van der Waals surface area (Å²) in [7, 11) is 0. The molecule has 1 saturated carbocycles. The zero-order valence-electron chi connectivity index (χ0n) is 12.1. The number of hydrogen-bond donors (Lipinski definition) is 0. The standard InChI is InChI=1S/C16H30N2/c1-2-17-12-9-15(10-13-17)18-11-5-7-14-6-3-4-8-16(14)18/h14-16H,2-13H2,1H3/t14-,16-/m1/s1. The van der Waals surface area contributed by atoms with E-state index < -0.39 is 0 Å². The molecule has 0 unspecified atom stereocenters. The Morgan fingerprint density at radius 3 is 2.33 bits per heavy atom. The fourth-order valence-corrected chi connectivity index (χ4v) is 4.68. The smallest absolute Gasteiger partial charge is 0.0126 e. The third-order valence-corrected chi connectivity index (χ3v) is 5.76. The van der Waals surface area contributed by atoms with Gasteiger partial charge in [-0.1, -0.05) is 19.8 Å². The van der Waals surface area contributed by atoms with Gasteiger partial charge in [0.15, 0.2) is 0 Å². The van der Waals surface area contributed by atoms with Gasteiger partial charge >= 0.3 is 0 Å². The summed E-state index contributed by atoms with van der Waals surface area (Å²) >= 11 is 0. The maximum Gasteiger partial charge on any atom is 0.0126 e. The van der Waals surface area contributed by atoms with Gasteiger partial charge in [0.25, 0.3) is 0 Å². The summed E-state index contributed by atoms with van der Waals surface area (Å²) in [6.07, 6.45) is 11.9. The van der Waals surface area contributed by atoms with Crippen molar-refractivity contribution in [3.05, 3.63) is 0 Å². The molecule has 2 heteroatoms. The van der Waals surface area contributed by atoms with Gasteiger partial charge in [0, 0.05) is 12.1 Å². The number of rotatable bonds is 2. The molecule has 0 radical (unpaired) electrons. The van der Waals surface area contributed by atoms with Crippen LogP contribution in [-0.4, -0.2) is 48.1 Å². The molecule has 3 aliphatic rings. The van der Waals surface area contributed by atoms with E-state index >= 15 is 0 Å². The average Bonchev–Trinajstić information content (AvgIpc) is 2.47. The second-order valence-electron chi connectivity index (χ2n) is 6.66. The Labute approximate surface area is 113 Å². The normalized spacial score (nSPS) is 36.5. The number of hydrogen-bond acceptors (Lipinski definition) is 2. The summed E-state index contributed by atoms with van der Waals surface area (Å²) < 4.78 is 0. The highest BCUT2D eigenvalue weighted by Gasteiger charge is 2.37. The lowest BCUT2D eigenvalue weighted by molar-refractivity contribution is 0.00264. The molecule has 3 rings (SSSR count). The lowest BCUT2D eigenvalue weighted by Crippen LogP contribution is -2.54. The first-order valence-corrected chi connectivity index (χ1v) is 8.36. The van der Waals surface area contributed by atoms with Crippen LogP contribution in [0, 0.1) is 5.92 Å². The molecule has 0 spiro atoms. The van der Waals surface area contributed by atoms with Gasteiger partial charge in [0.1, 0.15) is 0 Å². The minimum atomic E-state index is 0.915. The number of fused-ring (bicyclic) bond motifs is 1. The minimum absolute atomic E-state index is 0.915. The Morgan fingerprint density at radius 2 is 1.56 bits per heavy atom. The Hall–Kier alpha value is -0.0800. The van der Waals surface area contributed by atoms with Gasteiger partial charge in [-0.25, -0.2) is 0 Å². The molecule has 2 nitrogen and oxygen atoms in total. The maximum absolute atomic E-state index is 2.94. The molecule has 0 amide bonds. The van der Waals surface area contributed by atoms with Gasteiger partial charge in [0.2, 0.25) is 0 Å². The molecule has 3 fully saturated rings. The average molecular weight is 250 g/mol. The zero-order valence-corrected chi connectivity index (χ0v) is 12.1. The maximum atomic E-state index is 2.94. The lowest BCUT2D eigenvalue weighted by Gasteiger charge is -2.49. The quantitative estimate of drug-likeness (QED) is 0.743. The van der Waals surface area contributed by atoms with E-state index in [9.17, 15) is 0 Å². The second kappa shape index (κ2) is 5.92. The van der Waals surface area contributed by atoms with E-state index in [2.05, 4.69) is 16.7 Å². The monoisotopic (exact) mass is 250 g/mol. The second-order valence-corrected chi connectivity index (χ2v) is 6.66. The van der Waals surface area contributed by atoms with Gasteiger partial charge in [0.05, 0.1) is 0 Å². The highest BCUT2D eigenvalue weighted by Crippen LogP contribution is 2.37. The summed E-state index contributed by atoms with van der Waals surface area (Å²) in [5.74, 6) is 1.05. The van der Waals surface area contributed by atoms with E-state index in [1.807, 2.05) is 0 Å². The SMILES string of the molecule is CCN1CCC(N2CCC[C@H]3CCCC[C@H]32)CC1. The van der Waals surface area contributed by atoms with Crippen molar-refractivity contribution in [3.63, 3.8) is 0 Å². The minimum Gasteiger partial charge on any atom is -0.303 e. The number of piperidine rings is 2. The first kappa shape index (κ1) is 12.9. The predicted molar refractivity (Wildman–Crippen MR) is 76.8 cm³/mol. The van der Waals surface area contributed by atoms with Crippen LogP contribution in [0.15, 0.2) is 0 Å². The van der Waals surface area contributed by atoms with E-state index in [4.69, 9.17) is 0 Å². The van der Waals surface area contributed by atoms with Gasteiger partial charge in [-0.3, -0.25) is 4.90 Å². The number of likely N-dealkylation sites (tertiary alicyclic amines) is 2. The van der Waals surface area contributed by atoms with Gasteiger partial charge in [-0.05, 0) is 70.6 Å². The van der Waals surface area contributed by atoms with Crippen LogP contribution in [0.2, 0.25) is 0 Å². The molecule has 0 aromatic rings. The molecule has 0 N–H and O–H groups in total. The highest BCUT2D eigenvalue weighted by molar-refractivity contribution is 4.92. The van der Waals surface area contributed by atoms with E-state index in [-0.39, 0.29) is 0 Å². The molecule has 0 bridgehead atoms. The Kier molecular flexibility index (Phi) is 4.25. The fraction of sp³-hybridized carbons (Fsp3) is 1.00. The van der Waals surface area contributed by atoms with Gasteiger partial charge in [-0.15, -0.1) is 0 Å². The first-order valence-electron chi connectivity index (χ1n) is 8.36. The largest absolute Gasteiger partial charge is 0.303 e. The van der Waals surface area contributed by atoms with E-state index in [1.54, 1.807) is 0 Å². The van der Waals surface area contributed by atoms with E-state index in [0.29, 0.717) is 0 Å². The summed E-state index contributed by atoms with van der Waals surface area (Å²) in [6.45, 7) is 7.64. The summed E-state index contributed by atoms with van der Waals surface area (Å²) in [4.78, 5) is 5.57. The van der Waals surface area contributed by atoms with Crippen LogP contribution in [0.3, 0.4) is 0 Å². The van der Waals surface area contributed by atoms with Crippen LogP contribution in [0.25, 0.3) is 0 Å². The Bertz CT molecular complexity index is 256. The molecule has 2 aliphatic heterocycles. The lowest BCUT2D eigenvalue weighted by atomic mass is 9.77. The molecular weight excluding hydrogens is 220 g/mol. The van der Waals surface area contributed by atoms with Crippen molar-refractivity contribution in [2.75, 3.05) is 26.2 Å². The fourth-order valence-electron chi connectivity index (χ4n) is 4.68. The number of nitrogens with zero attached hydrogens (tertiary/aromatic N) is 2. The molecule has 0 aromatic heterocycles. The van der Waals surface area contributed by atoms with Crippen molar-refractivity contribution in [3.8, 4) is 0 Å². The van der Waals surface area contributed by atoms with Crippen molar-refractivity contribution in [1.82, 2.24) is 9.80 Å².